The lowest BCUT2D eigenvalue weighted by atomic mass is 10.0. The predicted molar refractivity (Wildman–Crippen MR) is 113 cm³/mol. The van der Waals surface area contributed by atoms with E-state index in [1.165, 1.54) is 10.0 Å². The van der Waals surface area contributed by atoms with Crippen LogP contribution >= 0.6 is 0 Å². The number of para-hydroxylation sites is 1. The van der Waals surface area contributed by atoms with Crippen LogP contribution in [0.15, 0.2) is 60.1 Å². The van der Waals surface area contributed by atoms with E-state index in [2.05, 4.69) is 6.58 Å². The lowest BCUT2D eigenvalue weighted by molar-refractivity contribution is 0.191. The number of aliphatic hydroxyl groups is 1. The number of benzene rings is 2. The molecule has 0 radical (unpaired) electrons. The van der Waals surface area contributed by atoms with Gasteiger partial charge in [0.25, 0.3) is 10.0 Å². The molecule has 0 fully saturated rings. The predicted octanol–water partition coefficient (Wildman–Crippen LogP) is 3.22. The Morgan fingerprint density at radius 2 is 1.79 bits per heavy atom. The smallest absolute Gasteiger partial charge is 0.268 e. The molecule has 0 spiro atoms. The van der Waals surface area contributed by atoms with E-state index in [-0.39, 0.29) is 0 Å². The number of aryl methyl sites for hydroxylation is 3. The van der Waals surface area contributed by atoms with Gasteiger partial charge in [0.2, 0.25) is 0 Å². The molecule has 0 saturated heterocycles. The minimum absolute atomic E-state index is 0.320. The molecule has 1 aromatic heterocycles. The van der Waals surface area contributed by atoms with Crippen LogP contribution in [0.25, 0.3) is 10.9 Å². The van der Waals surface area contributed by atoms with Crippen molar-refractivity contribution in [1.29, 1.82) is 0 Å². The highest BCUT2D eigenvalue weighted by molar-refractivity contribution is 7.90. The van der Waals surface area contributed by atoms with E-state index in [0.717, 1.165) is 27.6 Å². The highest BCUT2D eigenvalue weighted by atomic mass is 32.2. The Bertz CT molecular complexity index is 1120. The van der Waals surface area contributed by atoms with E-state index in [0.29, 0.717) is 16.8 Å². The zero-order valence-corrected chi connectivity index (χ0v) is 17.2. The molecule has 148 valence electrons. The first-order valence-electron chi connectivity index (χ1n) is 9.15. The second-order valence-electron chi connectivity index (χ2n) is 7.29. The summed E-state index contributed by atoms with van der Waals surface area (Å²) in [4.78, 5) is 0.320. The summed E-state index contributed by atoms with van der Waals surface area (Å²) in [7, 11) is -3.79. The molecular formula is C22H26N2O3S. The number of nitrogens with two attached hydrogens (primary N) is 1. The Morgan fingerprint density at radius 3 is 2.39 bits per heavy atom. The van der Waals surface area contributed by atoms with Crippen molar-refractivity contribution in [2.75, 3.05) is 0 Å². The third-order valence-corrected chi connectivity index (χ3v) is 7.00. The molecule has 0 amide bonds. The number of aliphatic hydroxyl groups excluding tert-OH is 1. The fourth-order valence-corrected chi connectivity index (χ4v) is 5.61. The minimum Gasteiger partial charge on any atom is -0.387 e. The van der Waals surface area contributed by atoms with Crippen LogP contribution in [0.3, 0.4) is 0 Å². The van der Waals surface area contributed by atoms with Crippen molar-refractivity contribution in [3.63, 3.8) is 0 Å². The summed E-state index contributed by atoms with van der Waals surface area (Å²) in [5.74, 6) is 0. The van der Waals surface area contributed by atoms with E-state index >= 15 is 0 Å². The van der Waals surface area contributed by atoms with Crippen LogP contribution in [0.5, 0.6) is 0 Å². The van der Waals surface area contributed by atoms with Gasteiger partial charge in [0.15, 0.2) is 0 Å². The monoisotopic (exact) mass is 398 g/mol. The van der Waals surface area contributed by atoms with Gasteiger partial charge in [0.05, 0.1) is 16.5 Å². The SMILES string of the molecule is C=C[C@H](O)[C@@H](N)Cc1cn(S(=O)(=O)c2c(C)cc(C)cc2C)c2ccccc12. The molecule has 5 nitrogen and oxygen atoms in total. The fraction of sp³-hybridized carbons (Fsp3) is 0.273. The van der Waals surface area contributed by atoms with Crippen molar-refractivity contribution in [1.82, 2.24) is 3.97 Å². The molecular weight excluding hydrogens is 372 g/mol. The van der Waals surface area contributed by atoms with E-state index in [9.17, 15) is 13.5 Å². The summed E-state index contributed by atoms with van der Waals surface area (Å²) in [6.07, 6.45) is 2.48. The van der Waals surface area contributed by atoms with E-state index < -0.39 is 22.2 Å². The van der Waals surface area contributed by atoms with Gasteiger partial charge in [-0.25, -0.2) is 12.4 Å². The minimum atomic E-state index is -3.79. The Morgan fingerprint density at radius 1 is 1.18 bits per heavy atom. The maximum absolute atomic E-state index is 13.6. The summed E-state index contributed by atoms with van der Waals surface area (Å²) >= 11 is 0. The Kier molecular flexibility index (Phi) is 5.48. The topological polar surface area (TPSA) is 85.3 Å². The van der Waals surface area contributed by atoms with Crippen molar-refractivity contribution in [2.45, 2.75) is 44.2 Å². The van der Waals surface area contributed by atoms with Gasteiger partial charge in [-0.1, -0.05) is 42.0 Å². The molecule has 2 aromatic carbocycles. The number of nitrogens with zero attached hydrogens (tertiary/aromatic N) is 1. The van der Waals surface area contributed by atoms with Gasteiger partial charge < -0.3 is 10.8 Å². The van der Waals surface area contributed by atoms with Crippen LogP contribution in [0.1, 0.15) is 22.3 Å². The van der Waals surface area contributed by atoms with Crippen LogP contribution < -0.4 is 5.73 Å². The van der Waals surface area contributed by atoms with Gasteiger partial charge in [0, 0.05) is 17.6 Å². The molecule has 0 aliphatic rings. The fourth-order valence-electron chi connectivity index (χ4n) is 3.80. The van der Waals surface area contributed by atoms with Crippen LogP contribution in [-0.4, -0.2) is 29.6 Å². The number of hydrogen-bond acceptors (Lipinski definition) is 4. The number of fused-ring (bicyclic) bond motifs is 1. The summed E-state index contributed by atoms with van der Waals surface area (Å²) in [5.41, 5.74) is 9.89. The second kappa shape index (κ2) is 7.54. The van der Waals surface area contributed by atoms with Gasteiger partial charge in [-0.3, -0.25) is 0 Å². The Labute approximate surface area is 166 Å². The summed E-state index contributed by atoms with van der Waals surface area (Å²) < 4.78 is 28.4. The number of hydrogen-bond donors (Lipinski definition) is 2. The van der Waals surface area contributed by atoms with Gasteiger partial charge in [-0.15, -0.1) is 6.58 Å². The van der Waals surface area contributed by atoms with Crippen molar-refractivity contribution < 1.29 is 13.5 Å². The van der Waals surface area contributed by atoms with Crippen LogP contribution in [0, 0.1) is 20.8 Å². The van der Waals surface area contributed by atoms with Gasteiger partial charge >= 0.3 is 0 Å². The van der Waals surface area contributed by atoms with Crippen LogP contribution in [-0.2, 0) is 16.4 Å². The molecule has 0 aliphatic heterocycles. The van der Waals surface area contributed by atoms with Gasteiger partial charge in [0.1, 0.15) is 0 Å². The Hall–Kier alpha value is -2.41. The lowest BCUT2D eigenvalue weighted by Crippen LogP contribution is -2.35. The average molecular weight is 399 g/mol. The summed E-state index contributed by atoms with van der Waals surface area (Å²) in [6, 6.07) is 10.5. The molecule has 2 atom stereocenters. The highest BCUT2D eigenvalue weighted by Crippen LogP contribution is 2.30. The first-order chi connectivity index (χ1) is 13.2. The molecule has 3 rings (SSSR count). The van der Waals surface area contributed by atoms with Gasteiger partial charge in [-0.05, 0) is 49.9 Å². The zero-order chi connectivity index (χ0) is 20.6. The van der Waals surface area contributed by atoms with E-state index in [1.807, 2.05) is 51.1 Å². The second-order valence-corrected chi connectivity index (χ2v) is 9.05. The molecule has 6 heteroatoms. The highest BCUT2D eigenvalue weighted by Gasteiger charge is 2.26. The third kappa shape index (κ3) is 3.51. The Balaban J connectivity index is 2.20. The normalized spacial score (nSPS) is 14.2. The molecule has 0 bridgehead atoms. The third-order valence-electron chi connectivity index (χ3n) is 5.02. The van der Waals surface area contributed by atoms with Crippen molar-refractivity contribution in [3.8, 4) is 0 Å². The maximum atomic E-state index is 13.6. The molecule has 0 aliphatic carbocycles. The number of rotatable bonds is 6. The van der Waals surface area contributed by atoms with Crippen LogP contribution in [0.4, 0.5) is 0 Å². The van der Waals surface area contributed by atoms with Crippen molar-refractivity contribution in [2.24, 2.45) is 5.73 Å². The molecule has 3 aromatic rings. The molecule has 1 heterocycles. The first kappa shape index (κ1) is 20.3. The maximum Gasteiger partial charge on any atom is 0.268 e. The molecule has 0 saturated carbocycles. The first-order valence-corrected chi connectivity index (χ1v) is 10.6. The van der Waals surface area contributed by atoms with E-state index in [4.69, 9.17) is 5.73 Å². The zero-order valence-electron chi connectivity index (χ0n) is 16.4. The quantitative estimate of drug-likeness (QED) is 0.624. The standard InChI is InChI=1S/C22H26N2O3S/c1-5-21(25)19(23)12-17-13-24(20-9-7-6-8-18(17)20)28(26,27)22-15(3)10-14(2)11-16(22)4/h5-11,13,19,21,25H,1,12,23H2,2-4H3/t19-,21-/m0/s1. The molecule has 28 heavy (non-hydrogen) atoms. The number of aromatic nitrogens is 1. The average Bonchev–Trinajstić information content (AvgIpc) is 2.99. The molecule has 3 N–H and O–H groups in total. The lowest BCUT2D eigenvalue weighted by Gasteiger charge is -2.15. The van der Waals surface area contributed by atoms with E-state index in [1.54, 1.807) is 12.3 Å². The molecule has 0 unspecified atom stereocenters. The van der Waals surface area contributed by atoms with Gasteiger partial charge in [-0.2, -0.15) is 0 Å². The van der Waals surface area contributed by atoms with Crippen molar-refractivity contribution in [3.05, 3.63) is 77.5 Å². The van der Waals surface area contributed by atoms with Crippen LogP contribution in [0.2, 0.25) is 0 Å². The summed E-state index contributed by atoms with van der Waals surface area (Å²) in [5, 5.41) is 10.7. The summed E-state index contributed by atoms with van der Waals surface area (Å²) in [6.45, 7) is 9.15. The largest absolute Gasteiger partial charge is 0.387 e. The van der Waals surface area contributed by atoms with Crippen molar-refractivity contribution >= 4 is 20.9 Å².